The first-order valence-electron chi connectivity index (χ1n) is 9.45. The summed E-state index contributed by atoms with van der Waals surface area (Å²) < 4.78 is 0. The molecule has 1 aromatic heterocycles. The van der Waals surface area contributed by atoms with Crippen LogP contribution in [0.4, 0.5) is 5.69 Å². The number of benzene rings is 1. The molecule has 0 unspecified atom stereocenters. The van der Waals surface area contributed by atoms with Gasteiger partial charge in [-0.1, -0.05) is 24.3 Å². The van der Waals surface area contributed by atoms with Gasteiger partial charge in [0.25, 0.3) is 0 Å². The van der Waals surface area contributed by atoms with Gasteiger partial charge in [-0.15, -0.1) is 0 Å². The zero-order valence-corrected chi connectivity index (χ0v) is 14.8. The zero-order valence-electron chi connectivity index (χ0n) is 14.8. The molecule has 132 valence electrons. The molecule has 4 rings (SSSR count). The molecular formula is C21H27N3O. The lowest BCUT2D eigenvalue weighted by molar-refractivity contribution is 0.212. The van der Waals surface area contributed by atoms with E-state index in [1.165, 1.54) is 55.7 Å². The summed E-state index contributed by atoms with van der Waals surface area (Å²) in [5.41, 5.74) is 4.99. The predicted molar refractivity (Wildman–Crippen MR) is 101 cm³/mol. The van der Waals surface area contributed by atoms with Gasteiger partial charge in [-0.3, -0.25) is 4.98 Å². The van der Waals surface area contributed by atoms with E-state index >= 15 is 0 Å². The summed E-state index contributed by atoms with van der Waals surface area (Å²) >= 11 is 0. The number of aliphatic hydroxyl groups is 1. The summed E-state index contributed by atoms with van der Waals surface area (Å²) in [6.45, 7) is 4.68. The van der Waals surface area contributed by atoms with Crippen molar-refractivity contribution in [2.45, 2.75) is 38.3 Å². The molecule has 0 saturated carbocycles. The smallest absolute Gasteiger partial charge is 0.0852 e. The lowest BCUT2D eigenvalue weighted by Gasteiger charge is -2.38. The molecule has 2 aromatic rings. The van der Waals surface area contributed by atoms with Gasteiger partial charge in [0.2, 0.25) is 0 Å². The van der Waals surface area contributed by atoms with Crippen LogP contribution < -0.4 is 4.90 Å². The van der Waals surface area contributed by atoms with Crippen LogP contribution in [0.15, 0.2) is 42.6 Å². The SMILES string of the molecule is OCc1ccc(CCN2CCC(N3CCc4ccccc43)CC2)cn1. The fraction of sp³-hybridized carbons (Fsp3) is 0.476. The second kappa shape index (κ2) is 7.54. The average Bonchev–Trinajstić information content (AvgIpc) is 3.11. The topological polar surface area (TPSA) is 39.6 Å². The fourth-order valence-electron chi connectivity index (χ4n) is 4.18. The molecule has 4 nitrogen and oxygen atoms in total. The van der Waals surface area contributed by atoms with Gasteiger partial charge < -0.3 is 14.9 Å². The van der Waals surface area contributed by atoms with Crippen LogP contribution in [-0.4, -0.2) is 47.2 Å². The van der Waals surface area contributed by atoms with Crippen molar-refractivity contribution in [3.63, 3.8) is 0 Å². The van der Waals surface area contributed by atoms with E-state index in [4.69, 9.17) is 5.11 Å². The third-order valence-corrected chi connectivity index (χ3v) is 5.69. The van der Waals surface area contributed by atoms with Crippen molar-refractivity contribution in [1.82, 2.24) is 9.88 Å². The van der Waals surface area contributed by atoms with E-state index in [0.29, 0.717) is 6.04 Å². The second-order valence-corrected chi connectivity index (χ2v) is 7.21. The summed E-state index contributed by atoms with van der Waals surface area (Å²) in [4.78, 5) is 9.50. The molecule has 0 amide bonds. The standard InChI is InChI=1S/C21H27N3O/c25-16-19-6-5-17(15-22-19)7-11-23-12-9-20(10-13-23)24-14-8-18-3-1-2-4-21(18)24/h1-6,15,20,25H,7-14,16H2. The highest BCUT2D eigenvalue weighted by molar-refractivity contribution is 5.58. The number of nitrogens with zero attached hydrogens (tertiary/aromatic N) is 3. The number of piperidine rings is 1. The lowest BCUT2D eigenvalue weighted by Crippen LogP contribution is -2.44. The van der Waals surface area contributed by atoms with Gasteiger partial charge in [0.15, 0.2) is 0 Å². The molecule has 0 aliphatic carbocycles. The number of aliphatic hydroxyl groups excluding tert-OH is 1. The van der Waals surface area contributed by atoms with Gasteiger partial charge in [-0.2, -0.15) is 0 Å². The monoisotopic (exact) mass is 337 g/mol. The Bertz CT molecular complexity index is 693. The van der Waals surface area contributed by atoms with E-state index in [-0.39, 0.29) is 6.61 Å². The summed E-state index contributed by atoms with van der Waals surface area (Å²) in [7, 11) is 0. The van der Waals surface area contributed by atoms with E-state index in [9.17, 15) is 0 Å². The van der Waals surface area contributed by atoms with Crippen molar-refractivity contribution in [3.05, 3.63) is 59.4 Å². The number of aromatic nitrogens is 1. The lowest BCUT2D eigenvalue weighted by atomic mass is 10.0. The largest absolute Gasteiger partial charge is 0.390 e. The van der Waals surface area contributed by atoms with Gasteiger partial charge in [0, 0.05) is 44.1 Å². The maximum atomic E-state index is 9.06. The van der Waals surface area contributed by atoms with Crippen LogP contribution in [0.3, 0.4) is 0 Å². The number of para-hydroxylation sites is 1. The Kier molecular flexibility index (Phi) is 4.99. The third-order valence-electron chi connectivity index (χ3n) is 5.69. The maximum Gasteiger partial charge on any atom is 0.0852 e. The molecule has 4 heteroatoms. The first-order valence-corrected chi connectivity index (χ1v) is 9.45. The quantitative estimate of drug-likeness (QED) is 0.910. The maximum absolute atomic E-state index is 9.06. The molecule has 2 aliphatic rings. The van der Waals surface area contributed by atoms with Gasteiger partial charge >= 0.3 is 0 Å². The number of pyridine rings is 1. The van der Waals surface area contributed by atoms with Gasteiger partial charge in [-0.05, 0) is 48.9 Å². The van der Waals surface area contributed by atoms with Gasteiger partial charge in [-0.25, -0.2) is 0 Å². The highest BCUT2D eigenvalue weighted by Crippen LogP contribution is 2.32. The number of hydrogen-bond donors (Lipinski definition) is 1. The molecule has 0 atom stereocenters. The van der Waals surface area contributed by atoms with Crippen molar-refractivity contribution in [2.75, 3.05) is 31.1 Å². The van der Waals surface area contributed by atoms with Crippen LogP contribution >= 0.6 is 0 Å². The van der Waals surface area contributed by atoms with Crippen LogP contribution in [0.1, 0.15) is 29.7 Å². The van der Waals surface area contributed by atoms with Crippen molar-refractivity contribution in [2.24, 2.45) is 0 Å². The minimum absolute atomic E-state index is 0.0213. The first kappa shape index (κ1) is 16.6. The average molecular weight is 337 g/mol. The van der Waals surface area contributed by atoms with E-state index in [1.54, 1.807) is 0 Å². The van der Waals surface area contributed by atoms with E-state index in [2.05, 4.69) is 45.1 Å². The molecule has 3 heterocycles. The van der Waals surface area contributed by atoms with Crippen molar-refractivity contribution in [1.29, 1.82) is 0 Å². The molecule has 0 spiro atoms. The number of hydrogen-bond acceptors (Lipinski definition) is 4. The van der Waals surface area contributed by atoms with Crippen LogP contribution in [0.25, 0.3) is 0 Å². The number of fused-ring (bicyclic) bond motifs is 1. The van der Waals surface area contributed by atoms with Crippen LogP contribution in [0, 0.1) is 0 Å². The van der Waals surface area contributed by atoms with Crippen LogP contribution in [-0.2, 0) is 19.4 Å². The molecule has 25 heavy (non-hydrogen) atoms. The molecule has 1 N–H and O–H groups in total. The highest BCUT2D eigenvalue weighted by atomic mass is 16.3. The zero-order chi connectivity index (χ0) is 17.1. The van der Waals surface area contributed by atoms with Crippen LogP contribution in [0.5, 0.6) is 0 Å². The number of anilines is 1. The number of rotatable bonds is 5. The third kappa shape index (κ3) is 3.70. The Balaban J connectivity index is 1.27. The van der Waals surface area contributed by atoms with Crippen LogP contribution in [0.2, 0.25) is 0 Å². The minimum Gasteiger partial charge on any atom is -0.390 e. The van der Waals surface area contributed by atoms with E-state index in [1.807, 2.05) is 12.3 Å². The molecule has 0 radical (unpaired) electrons. The Morgan fingerprint density at radius 2 is 1.88 bits per heavy atom. The summed E-state index contributed by atoms with van der Waals surface area (Å²) in [6.07, 6.45) is 6.66. The van der Waals surface area contributed by atoms with Crippen molar-refractivity contribution < 1.29 is 5.11 Å². The van der Waals surface area contributed by atoms with E-state index < -0.39 is 0 Å². The highest BCUT2D eigenvalue weighted by Gasteiger charge is 2.28. The number of likely N-dealkylation sites (tertiary alicyclic amines) is 1. The van der Waals surface area contributed by atoms with Crippen molar-refractivity contribution >= 4 is 5.69 Å². The molecule has 1 saturated heterocycles. The molecule has 0 bridgehead atoms. The Morgan fingerprint density at radius 1 is 1.04 bits per heavy atom. The first-order chi connectivity index (χ1) is 12.3. The fourth-order valence-corrected chi connectivity index (χ4v) is 4.18. The van der Waals surface area contributed by atoms with Gasteiger partial charge in [0.1, 0.15) is 0 Å². The predicted octanol–water partition coefficient (Wildman–Crippen LogP) is 2.64. The summed E-state index contributed by atoms with van der Waals surface area (Å²) in [6, 6.07) is 13.6. The van der Waals surface area contributed by atoms with E-state index in [0.717, 1.165) is 18.7 Å². The second-order valence-electron chi connectivity index (χ2n) is 7.21. The molecule has 2 aliphatic heterocycles. The molecule has 1 fully saturated rings. The Hall–Kier alpha value is -1.91. The molecular weight excluding hydrogens is 310 g/mol. The van der Waals surface area contributed by atoms with Gasteiger partial charge in [0.05, 0.1) is 12.3 Å². The normalized spacial score (nSPS) is 18.5. The Labute approximate surface area is 150 Å². The summed E-state index contributed by atoms with van der Waals surface area (Å²) in [5, 5.41) is 9.06. The van der Waals surface area contributed by atoms with Crippen molar-refractivity contribution in [3.8, 4) is 0 Å². The Morgan fingerprint density at radius 3 is 2.64 bits per heavy atom. The minimum atomic E-state index is 0.0213. The molecule has 1 aromatic carbocycles. The summed E-state index contributed by atoms with van der Waals surface area (Å²) in [5.74, 6) is 0.